The van der Waals surface area contributed by atoms with E-state index in [1.807, 2.05) is 37.3 Å². The maximum absolute atomic E-state index is 11.6. The molecular weight excluding hydrogens is 266 g/mol. The predicted octanol–water partition coefficient (Wildman–Crippen LogP) is 2.47. The van der Waals surface area contributed by atoms with Crippen LogP contribution in [0.5, 0.6) is 0 Å². The summed E-state index contributed by atoms with van der Waals surface area (Å²) in [6, 6.07) is 9.56. The third-order valence-corrected chi connectivity index (χ3v) is 4.54. The summed E-state index contributed by atoms with van der Waals surface area (Å²) in [5, 5.41) is 20.2. The standard InChI is InChI=1S/C17H25NO3/c1-3-9-17(15(19)20)10-11-18(13-17)12-16(2,21)14-7-5-4-6-8-14/h4-8,21H,3,9-13H2,1-2H3,(H,19,20). The lowest BCUT2D eigenvalue weighted by molar-refractivity contribution is -0.148. The Balaban J connectivity index is 2.07. The number of hydrogen-bond donors (Lipinski definition) is 2. The quantitative estimate of drug-likeness (QED) is 0.845. The number of hydrogen-bond acceptors (Lipinski definition) is 3. The Morgan fingerprint density at radius 3 is 2.62 bits per heavy atom. The van der Waals surface area contributed by atoms with Gasteiger partial charge in [-0.3, -0.25) is 9.69 Å². The number of β-amino-alcohol motifs (C(OH)–C–C–N with tert-alkyl or cyclic N) is 1. The van der Waals surface area contributed by atoms with Gasteiger partial charge in [0.1, 0.15) is 0 Å². The van der Waals surface area contributed by atoms with Gasteiger partial charge in [-0.15, -0.1) is 0 Å². The third kappa shape index (κ3) is 3.44. The molecule has 1 aromatic carbocycles. The second-order valence-electron chi connectivity index (χ2n) is 6.44. The Hall–Kier alpha value is -1.39. The molecule has 0 radical (unpaired) electrons. The molecule has 2 rings (SSSR count). The lowest BCUT2D eigenvalue weighted by Crippen LogP contribution is -2.40. The molecule has 0 aliphatic carbocycles. The molecule has 1 heterocycles. The average molecular weight is 291 g/mol. The minimum Gasteiger partial charge on any atom is -0.481 e. The van der Waals surface area contributed by atoms with Crippen molar-refractivity contribution in [3.63, 3.8) is 0 Å². The summed E-state index contributed by atoms with van der Waals surface area (Å²) in [7, 11) is 0. The van der Waals surface area contributed by atoms with Gasteiger partial charge in [0, 0.05) is 13.1 Å². The SMILES string of the molecule is CCCC1(C(=O)O)CCN(CC(C)(O)c2ccccc2)C1. The van der Waals surface area contributed by atoms with Crippen molar-refractivity contribution in [1.29, 1.82) is 0 Å². The number of benzene rings is 1. The van der Waals surface area contributed by atoms with E-state index in [2.05, 4.69) is 4.90 Å². The summed E-state index contributed by atoms with van der Waals surface area (Å²) in [4.78, 5) is 13.7. The predicted molar refractivity (Wildman–Crippen MR) is 82.0 cm³/mol. The maximum atomic E-state index is 11.6. The number of aliphatic carboxylic acids is 1. The number of carbonyl (C=O) groups is 1. The second kappa shape index (κ2) is 6.16. The van der Waals surface area contributed by atoms with E-state index in [0.717, 1.165) is 18.5 Å². The van der Waals surface area contributed by atoms with Gasteiger partial charge < -0.3 is 10.2 Å². The largest absolute Gasteiger partial charge is 0.481 e. The van der Waals surface area contributed by atoms with Crippen molar-refractivity contribution >= 4 is 5.97 Å². The minimum atomic E-state index is -0.956. The van der Waals surface area contributed by atoms with E-state index in [1.54, 1.807) is 6.92 Å². The zero-order valence-corrected chi connectivity index (χ0v) is 12.9. The molecular formula is C17H25NO3. The highest BCUT2D eigenvalue weighted by molar-refractivity contribution is 5.75. The molecule has 0 amide bonds. The maximum Gasteiger partial charge on any atom is 0.310 e. The Bertz CT molecular complexity index is 486. The molecule has 0 spiro atoms. The van der Waals surface area contributed by atoms with Crippen molar-refractivity contribution in [3.8, 4) is 0 Å². The summed E-state index contributed by atoms with van der Waals surface area (Å²) < 4.78 is 0. The fourth-order valence-electron chi connectivity index (χ4n) is 3.38. The molecule has 0 saturated carbocycles. The highest BCUT2D eigenvalue weighted by Crippen LogP contribution is 2.37. The van der Waals surface area contributed by atoms with Gasteiger partial charge in [-0.2, -0.15) is 0 Å². The van der Waals surface area contributed by atoms with Crippen molar-refractivity contribution < 1.29 is 15.0 Å². The van der Waals surface area contributed by atoms with Crippen LogP contribution in [0.2, 0.25) is 0 Å². The van der Waals surface area contributed by atoms with E-state index >= 15 is 0 Å². The highest BCUT2D eigenvalue weighted by Gasteiger charge is 2.45. The molecule has 4 nitrogen and oxygen atoms in total. The summed E-state index contributed by atoms with van der Waals surface area (Å²) >= 11 is 0. The fraction of sp³-hybridized carbons (Fsp3) is 0.588. The van der Waals surface area contributed by atoms with Gasteiger partial charge in [0.25, 0.3) is 0 Å². The van der Waals surface area contributed by atoms with E-state index in [9.17, 15) is 15.0 Å². The van der Waals surface area contributed by atoms with Gasteiger partial charge >= 0.3 is 5.97 Å². The Labute approximate surface area is 126 Å². The van der Waals surface area contributed by atoms with Crippen molar-refractivity contribution in [1.82, 2.24) is 4.90 Å². The van der Waals surface area contributed by atoms with E-state index in [1.165, 1.54) is 0 Å². The number of carboxylic acid groups (broad SMARTS) is 1. The van der Waals surface area contributed by atoms with Crippen molar-refractivity contribution in [2.75, 3.05) is 19.6 Å². The number of likely N-dealkylation sites (tertiary alicyclic amines) is 1. The van der Waals surface area contributed by atoms with Gasteiger partial charge in [-0.25, -0.2) is 0 Å². The van der Waals surface area contributed by atoms with E-state index < -0.39 is 17.0 Å². The van der Waals surface area contributed by atoms with Crippen LogP contribution in [0.4, 0.5) is 0 Å². The average Bonchev–Trinajstić information content (AvgIpc) is 2.84. The molecule has 2 N–H and O–H groups in total. The minimum absolute atomic E-state index is 0.468. The first-order valence-corrected chi connectivity index (χ1v) is 7.63. The van der Waals surface area contributed by atoms with Crippen LogP contribution in [0.25, 0.3) is 0 Å². The highest BCUT2D eigenvalue weighted by atomic mass is 16.4. The molecule has 1 aliphatic heterocycles. The fourth-order valence-corrected chi connectivity index (χ4v) is 3.38. The topological polar surface area (TPSA) is 60.8 Å². The summed E-state index contributed by atoms with van der Waals surface area (Å²) in [6.07, 6.45) is 2.24. The summed E-state index contributed by atoms with van der Waals surface area (Å²) in [6.45, 7) is 5.54. The van der Waals surface area contributed by atoms with Crippen LogP contribution in [0.3, 0.4) is 0 Å². The molecule has 21 heavy (non-hydrogen) atoms. The zero-order chi connectivity index (χ0) is 15.5. The molecule has 1 aliphatic rings. The van der Waals surface area contributed by atoms with Gasteiger partial charge in [-0.05, 0) is 31.9 Å². The zero-order valence-electron chi connectivity index (χ0n) is 12.9. The van der Waals surface area contributed by atoms with Gasteiger partial charge in [0.15, 0.2) is 0 Å². The molecule has 4 heteroatoms. The van der Waals surface area contributed by atoms with Gasteiger partial charge in [-0.1, -0.05) is 43.7 Å². The molecule has 1 aromatic rings. The van der Waals surface area contributed by atoms with Crippen LogP contribution in [0, 0.1) is 5.41 Å². The molecule has 0 bridgehead atoms. The Morgan fingerprint density at radius 2 is 2.05 bits per heavy atom. The van der Waals surface area contributed by atoms with E-state index in [-0.39, 0.29) is 0 Å². The number of carboxylic acids is 1. The number of rotatable bonds is 6. The second-order valence-corrected chi connectivity index (χ2v) is 6.44. The number of nitrogens with zero attached hydrogens (tertiary/aromatic N) is 1. The van der Waals surface area contributed by atoms with Crippen LogP contribution in [-0.4, -0.2) is 40.7 Å². The third-order valence-electron chi connectivity index (χ3n) is 4.54. The smallest absolute Gasteiger partial charge is 0.310 e. The molecule has 1 fully saturated rings. The van der Waals surface area contributed by atoms with Crippen molar-refractivity contribution in [3.05, 3.63) is 35.9 Å². The molecule has 1 saturated heterocycles. The lowest BCUT2D eigenvalue weighted by Gasteiger charge is -2.31. The first kappa shape index (κ1) is 16.0. The van der Waals surface area contributed by atoms with E-state index in [4.69, 9.17) is 0 Å². The molecule has 116 valence electrons. The van der Waals surface area contributed by atoms with Crippen LogP contribution in [0.15, 0.2) is 30.3 Å². The van der Waals surface area contributed by atoms with Gasteiger partial charge in [0.2, 0.25) is 0 Å². The molecule has 2 atom stereocenters. The molecule has 0 aromatic heterocycles. The van der Waals surface area contributed by atoms with Crippen molar-refractivity contribution in [2.45, 2.75) is 38.7 Å². The van der Waals surface area contributed by atoms with Crippen LogP contribution in [0.1, 0.15) is 38.7 Å². The normalized spacial score (nSPS) is 25.7. The van der Waals surface area contributed by atoms with Crippen LogP contribution in [-0.2, 0) is 10.4 Å². The summed E-state index contributed by atoms with van der Waals surface area (Å²) in [5.41, 5.74) is -0.725. The first-order chi connectivity index (χ1) is 9.89. The van der Waals surface area contributed by atoms with Gasteiger partial charge in [0.05, 0.1) is 11.0 Å². The molecule has 2 unspecified atom stereocenters. The van der Waals surface area contributed by atoms with E-state index in [0.29, 0.717) is 25.9 Å². The Morgan fingerprint density at radius 1 is 1.38 bits per heavy atom. The lowest BCUT2D eigenvalue weighted by atomic mass is 9.82. The van der Waals surface area contributed by atoms with Crippen molar-refractivity contribution in [2.24, 2.45) is 5.41 Å². The summed E-state index contributed by atoms with van der Waals surface area (Å²) in [5.74, 6) is -0.703. The van der Waals surface area contributed by atoms with Crippen LogP contribution < -0.4 is 0 Å². The first-order valence-electron chi connectivity index (χ1n) is 7.63. The Kier molecular flexibility index (Phi) is 4.69. The van der Waals surface area contributed by atoms with Crippen LogP contribution >= 0.6 is 0 Å². The number of aliphatic hydroxyl groups is 1. The monoisotopic (exact) mass is 291 g/mol.